The number of quaternary nitrogens is 1. The van der Waals surface area contributed by atoms with E-state index < -0.39 is 27.9 Å². The van der Waals surface area contributed by atoms with E-state index in [1.165, 1.54) is 12.1 Å². The first-order chi connectivity index (χ1) is 15.6. The second kappa shape index (κ2) is 9.38. The third kappa shape index (κ3) is 5.73. The number of nitrogens with one attached hydrogen (secondary N) is 2. The molecule has 0 fully saturated rings. The number of hydrogen-bond acceptors (Lipinski definition) is 7. The number of benzene rings is 1. The van der Waals surface area contributed by atoms with Crippen LogP contribution in [0.3, 0.4) is 0 Å². The molecule has 0 saturated heterocycles. The van der Waals surface area contributed by atoms with Crippen LogP contribution in [0.1, 0.15) is 34.1 Å². The molecule has 0 saturated carbocycles. The molecule has 2 aliphatic rings. The Bertz CT molecular complexity index is 1270. The summed E-state index contributed by atoms with van der Waals surface area (Å²) in [6.07, 6.45) is 4.38. The first-order valence-electron chi connectivity index (χ1n) is 10.5. The van der Waals surface area contributed by atoms with E-state index in [4.69, 9.17) is 4.52 Å². The molecule has 2 atom stereocenters. The number of anilines is 2. The van der Waals surface area contributed by atoms with Gasteiger partial charge in [0.1, 0.15) is 15.5 Å². The summed E-state index contributed by atoms with van der Waals surface area (Å²) in [5.74, 6) is -0.466. The number of allylic oxidation sites excluding steroid dienone is 1. The lowest BCUT2D eigenvalue weighted by Gasteiger charge is -2.37. The molecule has 186 valence electrons. The minimum absolute atomic E-state index is 0.0846. The van der Waals surface area contributed by atoms with Crippen LogP contribution in [-0.4, -0.2) is 49.3 Å². The standard InChI is InChI=1S/C21H28IN4O6PS/c1-6-32-33(29)18-11-14(25-34(5,30)31)7-8-16(18)23-20(24-33)26(10-9-21(2,3)4)13-15(22)17(27)12-19(26)28/h7-8,11-13,25H,6,9-10H2,1-5H3,(H-,23,24,27,28,29)/p+1. The average Bonchev–Trinajstić information content (AvgIpc) is 2.68. The Labute approximate surface area is 213 Å². The molecular weight excluding hydrogens is 594 g/mol. The maximum atomic E-state index is 14.0. The first kappa shape index (κ1) is 26.9. The van der Waals surface area contributed by atoms with E-state index in [-0.39, 0.29) is 34.7 Å². The number of amides is 1. The van der Waals surface area contributed by atoms with Crippen molar-refractivity contribution in [2.45, 2.75) is 34.1 Å². The largest absolute Gasteiger partial charge is 0.506 e. The number of guanidine groups is 1. The predicted octanol–water partition coefficient (Wildman–Crippen LogP) is 4.21. The summed E-state index contributed by atoms with van der Waals surface area (Å²) < 4.78 is 49.8. The maximum Gasteiger partial charge on any atom is 0.354 e. The van der Waals surface area contributed by atoms with Crippen LogP contribution in [0.5, 0.6) is 0 Å². The van der Waals surface area contributed by atoms with Crippen molar-refractivity contribution in [3.8, 4) is 0 Å². The molecule has 2 heterocycles. The van der Waals surface area contributed by atoms with Gasteiger partial charge in [-0.05, 0) is 53.1 Å². The van der Waals surface area contributed by atoms with Crippen LogP contribution in [0, 0.1) is 5.41 Å². The summed E-state index contributed by atoms with van der Waals surface area (Å²) in [4.78, 5) is 13.3. The Morgan fingerprint density at radius 3 is 2.59 bits per heavy atom. The van der Waals surface area contributed by atoms with E-state index in [1.54, 1.807) is 19.2 Å². The number of nitrogens with zero attached hydrogens (tertiary/aromatic N) is 2. The number of carbonyl (C=O) groups is 1. The SMILES string of the molecule is CCOP1(=O)N=C([N+]2(CCC(C)(C)C)C=C(I)C(O)=CC2=O)Nc2ccc(NS(C)(=O)=O)cc21. The number of aliphatic hydroxyl groups is 1. The summed E-state index contributed by atoms with van der Waals surface area (Å²) in [6.45, 7) is 8.21. The van der Waals surface area contributed by atoms with Crippen molar-refractivity contribution < 1.29 is 31.9 Å². The van der Waals surface area contributed by atoms with Crippen LogP contribution in [0.4, 0.5) is 11.4 Å². The van der Waals surface area contributed by atoms with E-state index in [9.17, 15) is 22.9 Å². The van der Waals surface area contributed by atoms with Crippen LogP contribution in [-0.2, 0) is 23.9 Å². The third-order valence-electron chi connectivity index (χ3n) is 5.21. The van der Waals surface area contributed by atoms with Crippen molar-refractivity contribution in [3.63, 3.8) is 0 Å². The van der Waals surface area contributed by atoms with Gasteiger partial charge >= 0.3 is 19.4 Å². The van der Waals surface area contributed by atoms with Crippen LogP contribution >= 0.6 is 30.1 Å². The smallest absolute Gasteiger partial charge is 0.354 e. The van der Waals surface area contributed by atoms with E-state index >= 15 is 0 Å². The minimum atomic E-state index is -3.88. The molecule has 0 radical (unpaired) electrons. The van der Waals surface area contributed by atoms with Gasteiger partial charge in [-0.15, -0.1) is 4.76 Å². The summed E-state index contributed by atoms with van der Waals surface area (Å²) in [6, 6.07) is 4.51. The van der Waals surface area contributed by atoms with Crippen molar-refractivity contribution in [2.75, 3.05) is 29.4 Å². The highest BCUT2D eigenvalue weighted by molar-refractivity contribution is 14.1. The molecule has 0 bridgehead atoms. The molecule has 2 unspecified atom stereocenters. The van der Waals surface area contributed by atoms with Gasteiger partial charge in [-0.3, -0.25) is 14.6 Å². The van der Waals surface area contributed by atoms with Gasteiger partial charge in [0.15, 0.2) is 0 Å². The highest BCUT2D eigenvalue weighted by Gasteiger charge is 2.49. The number of aliphatic hydroxyl groups excluding tert-OH is 1. The Morgan fingerprint density at radius 1 is 1.32 bits per heavy atom. The van der Waals surface area contributed by atoms with Crippen LogP contribution in [0.15, 0.2) is 44.6 Å². The van der Waals surface area contributed by atoms with Crippen LogP contribution in [0.2, 0.25) is 0 Å². The van der Waals surface area contributed by atoms with Crippen LogP contribution in [0.25, 0.3) is 0 Å². The predicted molar refractivity (Wildman–Crippen MR) is 142 cm³/mol. The third-order valence-corrected chi connectivity index (χ3v) is 8.68. The molecule has 3 rings (SSSR count). The van der Waals surface area contributed by atoms with Gasteiger partial charge in [-0.1, -0.05) is 20.8 Å². The summed E-state index contributed by atoms with van der Waals surface area (Å²) in [5, 5.41) is 13.5. The topological polar surface area (TPSA) is 134 Å². The molecular formula is C21H29IN4O6PS+. The lowest BCUT2D eigenvalue weighted by Crippen LogP contribution is -2.58. The quantitative estimate of drug-likeness (QED) is 0.246. The number of rotatable bonds is 6. The molecule has 2 aliphatic heterocycles. The van der Waals surface area contributed by atoms with Gasteiger partial charge in [0.05, 0.1) is 36.5 Å². The molecule has 0 spiro atoms. The minimum Gasteiger partial charge on any atom is -0.506 e. The van der Waals surface area contributed by atoms with Crippen molar-refractivity contribution in [1.82, 2.24) is 0 Å². The first-order valence-corrected chi connectivity index (χ1v) is 15.1. The normalized spacial score (nSPS) is 25.0. The molecule has 13 heteroatoms. The van der Waals surface area contributed by atoms with Crippen molar-refractivity contribution in [2.24, 2.45) is 10.2 Å². The van der Waals surface area contributed by atoms with Gasteiger partial charge in [-0.2, -0.15) is 4.48 Å². The zero-order chi connectivity index (χ0) is 25.5. The lowest BCUT2D eigenvalue weighted by molar-refractivity contribution is -0.707. The van der Waals surface area contributed by atoms with E-state index in [1.807, 2.05) is 43.4 Å². The van der Waals surface area contributed by atoms with Crippen LogP contribution < -0.4 is 15.3 Å². The zero-order valence-corrected chi connectivity index (χ0v) is 23.5. The second-order valence-electron chi connectivity index (χ2n) is 9.34. The fraction of sp³-hybridized carbons (Fsp3) is 0.429. The maximum absolute atomic E-state index is 14.0. The van der Waals surface area contributed by atoms with E-state index in [2.05, 4.69) is 14.8 Å². The summed E-state index contributed by atoms with van der Waals surface area (Å²) in [7, 11) is -7.43. The van der Waals surface area contributed by atoms with Gasteiger partial charge < -0.3 is 9.63 Å². The molecule has 3 N–H and O–H groups in total. The van der Waals surface area contributed by atoms with Gasteiger partial charge in [0, 0.05) is 12.1 Å². The Hall–Kier alpha value is -1.73. The molecule has 34 heavy (non-hydrogen) atoms. The highest BCUT2D eigenvalue weighted by atomic mass is 127. The van der Waals surface area contributed by atoms with Gasteiger partial charge in [0.2, 0.25) is 10.0 Å². The molecule has 1 aromatic rings. The van der Waals surface area contributed by atoms with Crippen molar-refractivity contribution in [3.05, 3.63) is 39.8 Å². The number of sulfonamides is 1. The van der Waals surface area contributed by atoms with Gasteiger partial charge in [-0.25, -0.2) is 13.2 Å². The highest BCUT2D eigenvalue weighted by Crippen LogP contribution is 2.53. The summed E-state index contributed by atoms with van der Waals surface area (Å²) in [5.41, 5.74) is 0.496. The fourth-order valence-corrected chi connectivity index (χ4v) is 6.54. The monoisotopic (exact) mass is 623 g/mol. The second-order valence-corrected chi connectivity index (χ2v) is 14.2. The molecule has 10 nitrogen and oxygen atoms in total. The van der Waals surface area contributed by atoms with E-state index in [0.29, 0.717) is 22.2 Å². The lowest BCUT2D eigenvalue weighted by atomic mass is 9.91. The number of fused-ring (bicyclic) bond motifs is 1. The average molecular weight is 623 g/mol. The Morgan fingerprint density at radius 2 is 2.00 bits per heavy atom. The van der Waals surface area contributed by atoms with E-state index in [0.717, 1.165) is 12.3 Å². The number of halogens is 1. The molecule has 0 aromatic heterocycles. The molecule has 0 aliphatic carbocycles. The summed E-state index contributed by atoms with van der Waals surface area (Å²) >= 11 is 1.94. The zero-order valence-electron chi connectivity index (χ0n) is 19.6. The molecule has 1 amide bonds. The van der Waals surface area contributed by atoms with Crippen molar-refractivity contribution >= 4 is 68.7 Å². The van der Waals surface area contributed by atoms with Gasteiger partial charge in [0.25, 0.3) is 0 Å². The Balaban J connectivity index is 2.18. The Kier molecular flexibility index (Phi) is 7.41. The number of carbonyl (C=O) groups excluding carboxylic acids is 1. The fourth-order valence-electron chi connectivity index (χ4n) is 3.51. The molecule has 1 aromatic carbocycles. The number of hydrogen-bond donors (Lipinski definition) is 3. The van der Waals surface area contributed by atoms with Crippen molar-refractivity contribution in [1.29, 1.82) is 0 Å².